The third-order valence-corrected chi connectivity index (χ3v) is 12.0. The van der Waals surface area contributed by atoms with Crippen LogP contribution in [-0.4, -0.2) is 53.4 Å². The largest absolute Gasteiger partial charge is 0.496 e. The number of fused-ring (bicyclic) bond motifs is 2. The molecule has 0 spiro atoms. The number of aromatic nitrogens is 4. The number of carbonyl (C=O) groups excluding carboxylic acids is 2. The second-order valence-electron chi connectivity index (χ2n) is 12.2. The molecule has 0 radical (unpaired) electrons. The Morgan fingerprint density at radius 3 is 2.42 bits per heavy atom. The van der Waals surface area contributed by atoms with Crippen molar-refractivity contribution in [2.75, 3.05) is 36.6 Å². The zero-order chi connectivity index (χ0) is 35.3. The number of nitrogens with two attached hydrogens (primary N) is 2. The highest BCUT2D eigenvalue weighted by Crippen LogP contribution is 2.37. The standard InChI is InChI=1S/C35H34BrN9O3S2/c1-17-18(2)43-45(35-26(17)28(37)31(50-35)33(47)40-21-14-44(15-21)22-8-6-5-7-9-22)16-23-19(3)41-42-34-27(23)29(38)30(49-34)32(46)39-13-20-10-11-25(48-4)24(36)12-20/h5-12,21H,13-16H2,1-4H3,(H5-,37,38,39,40,46,47)/p+1. The molecule has 6 N–H and O–H groups in total. The number of anilines is 3. The number of para-hydroxylation sites is 1. The van der Waals surface area contributed by atoms with Gasteiger partial charge >= 0.3 is 0 Å². The molecule has 256 valence electrons. The van der Waals surface area contributed by atoms with Crippen molar-refractivity contribution in [3.05, 3.63) is 90.8 Å². The van der Waals surface area contributed by atoms with Crippen molar-refractivity contribution in [1.29, 1.82) is 0 Å². The van der Waals surface area contributed by atoms with E-state index in [0.717, 1.165) is 55.9 Å². The molecule has 50 heavy (non-hydrogen) atoms. The zero-order valence-electron chi connectivity index (χ0n) is 27.8. The highest BCUT2D eigenvalue weighted by atomic mass is 79.9. The van der Waals surface area contributed by atoms with Crippen molar-refractivity contribution in [2.24, 2.45) is 0 Å². The van der Waals surface area contributed by atoms with Gasteiger partial charge in [-0.25, -0.2) is 0 Å². The van der Waals surface area contributed by atoms with Crippen LogP contribution in [0.2, 0.25) is 0 Å². The number of halogens is 1. The number of hydrogen-bond donors (Lipinski definition) is 4. The van der Waals surface area contributed by atoms with Gasteiger partial charge < -0.3 is 31.7 Å². The van der Waals surface area contributed by atoms with Crippen molar-refractivity contribution in [3.63, 3.8) is 0 Å². The Hall–Kier alpha value is -4.86. The van der Waals surface area contributed by atoms with Crippen LogP contribution >= 0.6 is 38.6 Å². The predicted molar refractivity (Wildman–Crippen MR) is 201 cm³/mol. The van der Waals surface area contributed by atoms with Crippen LogP contribution in [-0.2, 0) is 13.1 Å². The van der Waals surface area contributed by atoms with Crippen LogP contribution in [0, 0.1) is 20.8 Å². The summed E-state index contributed by atoms with van der Waals surface area (Å²) in [6, 6.07) is 15.8. The lowest BCUT2D eigenvalue weighted by atomic mass is 10.1. The Labute approximate surface area is 304 Å². The molecule has 0 aliphatic carbocycles. The molecular weight excluding hydrogens is 738 g/mol. The summed E-state index contributed by atoms with van der Waals surface area (Å²) >= 11 is 6.01. The van der Waals surface area contributed by atoms with Gasteiger partial charge in [-0.3, -0.25) is 9.59 Å². The van der Waals surface area contributed by atoms with Gasteiger partial charge in [0.1, 0.15) is 26.0 Å². The molecule has 7 rings (SSSR count). The molecule has 0 atom stereocenters. The number of amides is 2. The average molecular weight is 774 g/mol. The summed E-state index contributed by atoms with van der Waals surface area (Å²) in [5, 5.41) is 21.3. The third kappa shape index (κ3) is 6.09. The molecule has 15 heteroatoms. The van der Waals surface area contributed by atoms with E-state index in [4.69, 9.17) is 21.3 Å². The number of carbonyl (C=O) groups is 2. The first-order chi connectivity index (χ1) is 24.0. The van der Waals surface area contributed by atoms with Gasteiger partial charge in [0.15, 0.2) is 0 Å². The Balaban J connectivity index is 1.16. The maximum absolute atomic E-state index is 13.6. The van der Waals surface area contributed by atoms with Crippen LogP contribution < -0.4 is 36.4 Å². The first-order valence-electron chi connectivity index (χ1n) is 15.9. The van der Waals surface area contributed by atoms with Crippen molar-refractivity contribution in [2.45, 2.75) is 39.9 Å². The summed E-state index contributed by atoms with van der Waals surface area (Å²) < 4.78 is 7.94. The quantitative estimate of drug-likeness (QED) is 0.147. The van der Waals surface area contributed by atoms with E-state index in [-0.39, 0.29) is 24.4 Å². The van der Waals surface area contributed by atoms with E-state index >= 15 is 0 Å². The number of benzene rings is 2. The van der Waals surface area contributed by atoms with Gasteiger partial charge in [-0.2, -0.15) is 5.10 Å². The SMILES string of the molecule is COc1ccc(CNC(=O)c2sc3nnc(C)c(C[n+]4nc(C)c(C)c5c(N)c(C(=O)NC6CN(c7ccccc7)C6)sc54)c3c2N)cc1Br. The first kappa shape index (κ1) is 33.6. The summed E-state index contributed by atoms with van der Waals surface area (Å²) in [4.78, 5) is 31.3. The van der Waals surface area contributed by atoms with Gasteiger partial charge in [-0.1, -0.05) is 40.3 Å². The van der Waals surface area contributed by atoms with Gasteiger partial charge in [0.2, 0.25) is 6.54 Å². The molecule has 1 aliphatic heterocycles. The average Bonchev–Trinajstić information content (AvgIpc) is 3.62. The topological polar surface area (TPSA) is 165 Å². The summed E-state index contributed by atoms with van der Waals surface area (Å²) in [6.45, 7) is 7.79. The minimum Gasteiger partial charge on any atom is -0.496 e. The maximum Gasteiger partial charge on any atom is 0.298 e. The van der Waals surface area contributed by atoms with Crippen molar-refractivity contribution in [1.82, 2.24) is 25.9 Å². The van der Waals surface area contributed by atoms with Crippen LogP contribution in [0.5, 0.6) is 5.75 Å². The Morgan fingerprint density at radius 2 is 1.70 bits per heavy atom. The predicted octanol–water partition coefficient (Wildman–Crippen LogP) is 5.05. The minimum absolute atomic E-state index is 0.0188. The van der Waals surface area contributed by atoms with Gasteiger partial charge in [0, 0.05) is 30.7 Å². The lowest BCUT2D eigenvalue weighted by molar-refractivity contribution is -0.720. The van der Waals surface area contributed by atoms with E-state index in [1.165, 1.54) is 22.7 Å². The fraction of sp³-hybridized carbons (Fsp3) is 0.257. The monoisotopic (exact) mass is 772 g/mol. The first-order valence-corrected chi connectivity index (χ1v) is 18.3. The fourth-order valence-corrected chi connectivity index (χ4v) is 8.86. The smallest absolute Gasteiger partial charge is 0.298 e. The number of thiophene rings is 2. The molecule has 6 aromatic rings. The number of methoxy groups -OCH3 is 1. The van der Waals surface area contributed by atoms with Crippen molar-refractivity contribution in [3.8, 4) is 5.75 Å². The highest BCUT2D eigenvalue weighted by Gasteiger charge is 2.33. The number of nitrogens with one attached hydrogen (secondary N) is 2. The fourth-order valence-electron chi connectivity index (χ4n) is 6.15. The summed E-state index contributed by atoms with van der Waals surface area (Å²) in [7, 11) is 1.60. The zero-order valence-corrected chi connectivity index (χ0v) is 31.1. The molecule has 4 aromatic heterocycles. The van der Waals surface area contributed by atoms with Crippen LogP contribution in [0.15, 0.2) is 53.0 Å². The second-order valence-corrected chi connectivity index (χ2v) is 15.1. The highest BCUT2D eigenvalue weighted by molar-refractivity contribution is 9.10. The summed E-state index contributed by atoms with van der Waals surface area (Å²) in [5.41, 5.74) is 19.3. The molecule has 1 saturated heterocycles. The molecule has 2 amide bonds. The van der Waals surface area contributed by atoms with Gasteiger partial charge in [0.25, 0.3) is 16.6 Å². The second kappa shape index (κ2) is 13.5. The molecule has 5 heterocycles. The molecule has 1 fully saturated rings. The molecule has 1 aliphatic rings. The Bertz CT molecular complexity index is 2300. The van der Waals surface area contributed by atoms with Crippen LogP contribution in [0.25, 0.3) is 20.4 Å². The van der Waals surface area contributed by atoms with E-state index in [2.05, 4.69) is 53.8 Å². The third-order valence-electron chi connectivity index (χ3n) is 9.03. The lowest BCUT2D eigenvalue weighted by Crippen LogP contribution is -2.59. The van der Waals surface area contributed by atoms with E-state index in [9.17, 15) is 9.59 Å². The molecule has 12 nitrogen and oxygen atoms in total. The summed E-state index contributed by atoms with van der Waals surface area (Å²) in [6.07, 6.45) is 0. The van der Waals surface area contributed by atoms with Gasteiger partial charge in [-0.05, 0) is 77.2 Å². The van der Waals surface area contributed by atoms with Crippen LogP contribution in [0.1, 0.15) is 47.4 Å². The van der Waals surface area contributed by atoms with Crippen LogP contribution in [0.4, 0.5) is 17.1 Å². The van der Waals surface area contributed by atoms with E-state index in [0.29, 0.717) is 49.3 Å². The van der Waals surface area contributed by atoms with E-state index in [1.807, 2.05) is 61.9 Å². The van der Waals surface area contributed by atoms with E-state index in [1.54, 1.807) is 7.11 Å². The van der Waals surface area contributed by atoms with Gasteiger partial charge in [0.05, 0.1) is 45.6 Å². The number of nitrogens with zero attached hydrogens (tertiary/aromatic N) is 5. The number of hydrogen-bond acceptors (Lipinski definition) is 11. The van der Waals surface area contributed by atoms with Crippen molar-refractivity contribution < 1.29 is 19.0 Å². The minimum atomic E-state index is -0.305. The Kier molecular flexibility index (Phi) is 9.05. The molecule has 2 aromatic carbocycles. The summed E-state index contributed by atoms with van der Waals surface area (Å²) in [5.74, 6) is 0.201. The number of ether oxygens (including phenoxy) is 1. The van der Waals surface area contributed by atoms with Gasteiger partial charge in [-0.15, -0.1) is 16.4 Å². The number of rotatable bonds is 9. The molecule has 0 unspecified atom stereocenters. The molecular formula is C35H35BrN9O3S2+. The normalized spacial score (nSPS) is 13.1. The molecule has 0 saturated carbocycles. The number of nitrogen functional groups attached to an aromatic ring is 2. The van der Waals surface area contributed by atoms with Crippen LogP contribution in [0.3, 0.4) is 0 Å². The van der Waals surface area contributed by atoms with E-state index < -0.39 is 0 Å². The molecule has 0 bridgehead atoms. The van der Waals surface area contributed by atoms with Crippen molar-refractivity contribution >= 4 is 87.9 Å². The number of aryl methyl sites for hydroxylation is 3. The maximum atomic E-state index is 13.6. The Morgan fingerprint density at radius 1 is 0.980 bits per heavy atom. The lowest BCUT2D eigenvalue weighted by Gasteiger charge is -2.41.